The summed E-state index contributed by atoms with van der Waals surface area (Å²) in [4.78, 5) is 2.23. The topological polar surface area (TPSA) is 71.1 Å². The van der Waals surface area contributed by atoms with Crippen LogP contribution in [0.2, 0.25) is 0 Å². The summed E-state index contributed by atoms with van der Waals surface area (Å²) in [7, 11) is 0. The van der Waals surface area contributed by atoms with Crippen molar-refractivity contribution in [3.8, 4) is 0 Å². The highest BCUT2D eigenvalue weighted by Crippen LogP contribution is 2.19. The Morgan fingerprint density at radius 2 is 2.21 bits per heavy atom. The minimum Gasteiger partial charge on any atom is -0.409 e. The first-order valence-corrected chi connectivity index (χ1v) is 6.67. The summed E-state index contributed by atoms with van der Waals surface area (Å²) in [6.07, 6.45) is 3.06. The van der Waals surface area contributed by atoms with Gasteiger partial charge in [-0.05, 0) is 25.0 Å². The summed E-state index contributed by atoms with van der Waals surface area (Å²) >= 11 is 0. The van der Waals surface area contributed by atoms with Gasteiger partial charge in [0.2, 0.25) is 0 Å². The van der Waals surface area contributed by atoms with E-state index in [9.17, 15) is 0 Å². The quantitative estimate of drug-likeness (QED) is 0.355. The third kappa shape index (κ3) is 4.13. The molecule has 0 spiro atoms. The third-order valence-corrected chi connectivity index (χ3v) is 3.34. The number of oxime groups is 1. The number of amidine groups is 1. The van der Waals surface area contributed by atoms with Gasteiger partial charge in [0.15, 0.2) is 0 Å². The Labute approximate surface area is 113 Å². The van der Waals surface area contributed by atoms with E-state index < -0.39 is 0 Å². The molecule has 1 unspecified atom stereocenters. The van der Waals surface area contributed by atoms with Gasteiger partial charge in [-0.2, -0.15) is 0 Å². The molecule has 1 aliphatic heterocycles. The second-order valence-corrected chi connectivity index (χ2v) is 4.76. The molecule has 5 nitrogen and oxygen atoms in total. The number of nitrogens with zero attached hydrogens (tertiary/aromatic N) is 2. The average molecular weight is 263 g/mol. The summed E-state index contributed by atoms with van der Waals surface area (Å²) in [6.45, 7) is 2.43. The average Bonchev–Trinajstić information content (AvgIpc) is 2.97. The van der Waals surface area contributed by atoms with Crippen LogP contribution in [0.4, 0.5) is 5.69 Å². The van der Waals surface area contributed by atoms with Crippen molar-refractivity contribution in [1.29, 1.82) is 0 Å². The van der Waals surface area contributed by atoms with Crippen molar-refractivity contribution >= 4 is 11.5 Å². The molecule has 0 amide bonds. The maximum atomic E-state index is 8.62. The highest BCUT2D eigenvalue weighted by Gasteiger charge is 2.19. The van der Waals surface area contributed by atoms with Gasteiger partial charge in [0.1, 0.15) is 5.84 Å². The maximum Gasteiger partial charge on any atom is 0.140 e. The van der Waals surface area contributed by atoms with Crippen LogP contribution in [0.5, 0.6) is 0 Å². The van der Waals surface area contributed by atoms with Crippen LogP contribution in [-0.4, -0.2) is 36.8 Å². The zero-order chi connectivity index (χ0) is 13.5. The predicted molar refractivity (Wildman–Crippen MR) is 75.7 cm³/mol. The Balaban J connectivity index is 1.99. The third-order valence-electron chi connectivity index (χ3n) is 3.34. The van der Waals surface area contributed by atoms with Crippen LogP contribution in [0.15, 0.2) is 35.5 Å². The van der Waals surface area contributed by atoms with Crippen LogP contribution >= 0.6 is 0 Å². The van der Waals surface area contributed by atoms with Gasteiger partial charge in [-0.25, -0.2) is 0 Å². The van der Waals surface area contributed by atoms with Crippen molar-refractivity contribution < 1.29 is 9.94 Å². The smallest absolute Gasteiger partial charge is 0.140 e. The van der Waals surface area contributed by atoms with Crippen LogP contribution in [0.1, 0.15) is 19.3 Å². The number of para-hydroxylation sites is 1. The van der Waals surface area contributed by atoms with Crippen molar-refractivity contribution in [3.05, 3.63) is 30.3 Å². The summed E-state index contributed by atoms with van der Waals surface area (Å²) in [5, 5.41) is 11.6. The molecule has 0 aromatic heterocycles. The van der Waals surface area contributed by atoms with Crippen LogP contribution in [-0.2, 0) is 4.74 Å². The molecular weight excluding hydrogens is 242 g/mol. The standard InChI is InChI=1S/C14H21N3O2/c15-14(16-18)8-9-17(11-13-7-4-10-19-13)12-5-2-1-3-6-12/h1-3,5-6,13,18H,4,7-11H2,(H2,15,16). The van der Waals surface area contributed by atoms with Crippen molar-refractivity contribution in [2.45, 2.75) is 25.4 Å². The molecule has 0 aliphatic carbocycles. The number of ether oxygens (including phenoxy) is 1. The Bertz CT molecular complexity index is 402. The summed E-state index contributed by atoms with van der Waals surface area (Å²) < 4.78 is 5.69. The normalized spacial score (nSPS) is 19.6. The van der Waals surface area contributed by atoms with E-state index in [1.165, 1.54) is 0 Å². The first kappa shape index (κ1) is 13.7. The molecule has 0 saturated carbocycles. The van der Waals surface area contributed by atoms with Gasteiger partial charge < -0.3 is 20.6 Å². The first-order valence-electron chi connectivity index (χ1n) is 6.67. The summed E-state index contributed by atoms with van der Waals surface area (Å²) in [5.41, 5.74) is 6.69. The molecule has 2 rings (SSSR count). The Morgan fingerprint density at radius 1 is 1.42 bits per heavy atom. The van der Waals surface area contributed by atoms with E-state index in [0.717, 1.165) is 38.2 Å². The van der Waals surface area contributed by atoms with Crippen molar-refractivity contribution in [1.82, 2.24) is 0 Å². The Kier molecular flexibility index (Phi) is 5.03. The number of anilines is 1. The van der Waals surface area contributed by atoms with E-state index in [1.807, 2.05) is 18.2 Å². The fraction of sp³-hybridized carbons (Fsp3) is 0.500. The predicted octanol–water partition coefficient (Wildman–Crippen LogP) is 1.81. The number of hydrogen-bond acceptors (Lipinski definition) is 4. The molecule has 1 saturated heterocycles. The molecule has 1 atom stereocenters. The second-order valence-electron chi connectivity index (χ2n) is 4.76. The monoisotopic (exact) mass is 263 g/mol. The van der Waals surface area contributed by atoms with Crippen molar-refractivity contribution in [3.63, 3.8) is 0 Å². The first-order chi connectivity index (χ1) is 9.29. The highest BCUT2D eigenvalue weighted by molar-refractivity contribution is 5.80. The number of hydrogen-bond donors (Lipinski definition) is 2. The lowest BCUT2D eigenvalue weighted by molar-refractivity contribution is 0.115. The summed E-state index contributed by atoms with van der Waals surface area (Å²) in [6, 6.07) is 10.2. The van der Waals surface area contributed by atoms with Crippen LogP contribution in [0, 0.1) is 0 Å². The number of rotatable bonds is 6. The van der Waals surface area contributed by atoms with Gasteiger partial charge in [-0.3, -0.25) is 0 Å². The number of nitrogens with two attached hydrogens (primary N) is 1. The van der Waals surface area contributed by atoms with Crippen LogP contribution in [0.3, 0.4) is 0 Å². The lowest BCUT2D eigenvalue weighted by atomic mass is 10.2. The molecule has 1 aliphatic rings. The second kappa shape index (κ2) is 6.99. The van der Waals surface area contributed by atoms with Crippen LogP contribution < -0.4 is 10.6 Å². The van der Waals surface area contributed by atoms with E-state index in [4.69, 9.17) is 15.7 Å². The van der Waals surface area contributed by atoms with Gasteiger partial charge in [0.05, 0.1) is 6.10 Å². The van der Waals surface area contributed by atoms with Gasteiger partial charge in [0, 0.05) is 31.8 Å². The van der Waals surface area contributed by atoms with E-state index >= 15 is 0 Å². The van der Waals surface area contributed by atoms with E-state index in [-0.39, 0.29) is 11.9 Å². The molecule has 19 heavy (non-hydrogen) atoms. The fourth-order valence-electron chi connectivity index (χ4n) is 2.30. The molecule has 5 heteroatoms. The van der Waals surface area contributed by atoms with Crippen LogP contribution in [0.25, 0.3) is 0 Å². The minimum atomic E-state index is 0.258. The Morgan fingerprint density at radius 3 is 2.84 bits per heavy atom. The molecule has 0 radical (unpaired) electrons. The molecule has 1 aromatic rings. The molecule has 1 aromatic carbocycles. The maximum absolute atomic E-state index is 8.62. The molecule has 1 heterocycles. The molecule has 104 valence electrons. The summed E-state index contributed by atoms with van der Waals surface area (Å²) in [5.74, 6) is 0.258. The lowest BCUT2D eigenvalue weighted by Crippen LogP contribution is -2.34. The molecule has 0 bridgehead atoms. The van der Waals surface area contributed by atoms with Gasteiger partial charge in [-0.1, -0.05) is 23.4 Å². The van der Waals surface area contributed by atoms with Gasteiger partial charge in [-0.15, -0.1) is 0 Å². The van der Waals surface area contributed by atoms with Gasteiger partial charge >= 0.3 is 0 Å². The van der Waals surface area contributed by atoms with Crippen molar-refractivity contribution in [2.75, 3.05) is 24.6 Å². The van der Waals surface area contributed by atoms with E-state index in [1.54, 1.807) is 0 Å². The largest absolute Gasteiger partial charge is 0.409 e. The molecule has 1 fully saturated rings. The highest BCUT2D eigenvalue weighted by atomic mass is 16.5. The fourth-order valence-corrected chi connectivity index (χ4v) is 2.30. The van der Waals surface area contributed by atoms with Crippen molar-refractivity contribution in [2.24, 2.45) is 10.9 Å². The minimum absolute atomic E-state index is 0.258. The van der Waals surface area contributed by atoms with Gasteiger partial charge in [0.25, 0.3) is 0 Å². The van der Waals surface area contributed by atoms with E-state index in [2.05, 4.69) is 22.2 Å². The zero-order valence-corrected chi connectivity index (χ0v) is 11.0. The number of benzene rings is 1. The Hall–Kier alpha value is -1.75. The SMILES string of the molecule is N/C(CCN(CC1CCCO1)c1ccccc1)=N\O. The lowest BCUT2D eigenvalue weighted by Gasteiger charge is -2.27. The molecule has 3 N–H and O–H groups in total. The molecular formula is C14H21N3O2. The van der Waals surface area contributed by atoms with E-state index in [0.29, 0.717) is 6.42 Å². The zero-order valence-electron chi connectivity index (χ0n) is 11.0.